The van der Waals surface area contributed by atoms with Crippen molar-refractivity contribution in [1.29, 1.82) is 0 Å². The molecule has 4 heterocycles. The second-order valence-corrected chi connectivity index (χ2v) is 8.03. The van der Waals surface area contributed by atoms with Crippen LogP contribution in [0.25, 0.3) is 22.2 Å². The maximum atomic E-state index is 13.2. The number of carbonyl (C=O) groups is 1. The summed E-state index contributed by atoms with van der Waals surface area (Å²) >= 11 is 1.51. The molecule has 3 aromatic heterocycles. The number of guanidine groups is 1. The van der Waals surface area contributed by atoms with Crippen molar-refractivity contribution in [3.05, 3.63) is 64.8 Å². The Balaban J connectivity index is 1.58. The number of carbonyl (C=O) groups excluding carboxylic acids is 1. The Morgan fingerprint density at radius 3 is 2.80 bits per heavy atom. The monoisotopic (exact) mass is 418 g/mol. The summed E-state index contributed by atoms with van der Waals surface area (Å²) in [4.78, 5) is 28.6. The Morgan fingerprint density at radius 2 is 2.00 bits per heavy atom. The maximum absolute atomic E-state index is 13.2. The van der Waals surface area contributed by atoms with Crippen molar-refractivity contribution in [1.82, 2.24) is 14.9 Å². The van der Waals surface area contributed by atoms with Crippen LogP contribution < -0.4 is 11.5 Å². The molecule has 1 amide bonds. The van der Waals surface area contributed by atoms with Crippen molar-refractivity contribution in [3.63, 3.8) is 0 Å². The topological polar surface area (TPSA) is 124 Å². The number of nitrogens with two attached hydrogens (primary N) is 2. The van der Waals surface area contributed by atoms with Gasteiger partial charge in [0.15, 0.2) is 5.96 Å². The first-order chi connectivity index (χ1) is 14.5. The molecule has 1 aromatic carbocycles. The highest BCUT2D eigenvalue weighted by atomic mass is 32.1. The number of hydrogen-bond donors (Lipinski definition) is 2. The molecule has 0 fully saturated rings. The first-order valence-corrected chi connectivity index (χ1v) is 10.1. The second-order valence-electron chi connectivity index (χ2n) is 7.09. The summed E-state index contributed by atoms with van der Waals surface area (Å²) in [6.45, 7) is 0. The highest BCUT2D eigenvalue weighted by Gasteiger charge is 2.39. The third-order valence-corrected chi connectivity index (χ3v) is 6.25. The minimum Gasteiger partial charge on any atom is -0.464 e. The van der Waals surface area contributed by atoms with Crippen molar-refractivity contribution in [3.8, 4) is 11.3 Å². The molecule has 2 atom stereocenters. The van der Waals surface area contributed by atoms with E-state index in [1.54, 1.807) is 19.5 Å². The Bertz CT molecular complexity index is 1280. The van der Waals surface area contributed by atoms with Gasteiger partial charge in [-0.1, -0.05) is 6.07 Å². The number of nitrogens with zero attached hydrogens (tertiary/aromatic N) is 4. The molecule has 1 aliphatic heterocycles. The zero-order valence-electron chi connectivity index (χ0n) is 16.0. The molecular formula is C21H18N6O2S. The molecule has 5 rings (SSSR count). The number of fused-ring (bicyclic) bond motifs is 1. The number of rotatable bonds is 3. The Labute approximate surface area is 175 Å². The van der Waals surface area contributed by atoms with E-state index in [4.69, 9.17) is 15.9 Å². The van der Waals surface area contributed by atoms with Gasteiger partial charge in [0.1, 0.15) is 17.4 Å². The lowest BCUT2D eigenvalue weighted by Crippen LogP contribution is -2.46. The molecule has 0 saturated carbocycles. The van der Waals surface area contributed by atoms with E-state index in [2.05, 4.69) is 15.0 Å². The average Bonchev–Trinajstić information content (AvgIpc) is 3.41. The third kappa shape index (κ3) is 3.00. The minimum atomic E-state index is -0.495. The van der Waals surface area contributed by atoms with Gasteiger partial charge < -0.3 is 15.9 Å². The van der Waals surface area contributed by atoms with Crippen molar-refractivity contribution in [2.75, 3.05) is 12.8 Å². The van der Waals surface area contributed by atoms with Crippen molar-refractivity contribution in [2.24, 2.45) is 10.7 Å². The fraction of sp³-hybridized carbons (Fsp3) is 0.143. The van der Waals surface area contributed by atoms with Crippen molar-refractivity contribution >= 4 is 40.0 Å². The van der Waals surface area contributed by atoms with Crippen LogP contribution in [0, 0.1) is 0 Å². The number of aromatic nitrogens is 2. The molecule has 1 aliphatic rings. The Kier molecular flexibility index (Phi) is 4.25. The predicted molar refractivity (Wildman–Crippen MR) is 116 cm³/mol. The Hall–Kier alpha value is -3.72. The van der Waals surface area contributed by atoms with E-state index >= 15 is 0 Å². The molecule has 0 spiro atoms. The van der Waals surface area contributed by atoms with Crippen molar-refractivity contribution in [2.45, 2.75) is 12.0 Å². The van der Waals surface area contributed by atoms with Crippen LogP contribution in [0.15, 0.2) is 63.8 Å². The molecule has 30 heavy (non-hydrogen) atoms. The number of furan rings is 1. The van der Waals surface area contributed by atoms with Gasteiger partial charge in [-0.25, -0.2) is 9.98 Å². The minimum absolute atomic E-state index is 0.0995. The molecule has 4 N–H and O–H groups in total. The van der Waals surface area contributed by atoms with Crippen LogP contribution in [-0.2, 0) is 4.79 Å². The number of benzene rings is 1. The van der Waals surface area contributed by atoms with Gasteiger partial charge in [0.05, 0.1) is 30.3 Å². The summed E-state index contributed by atoms with van der Waals surface area (Å²) in [5, 5.41) is 2.91. The van der Waals surface area contributed by atoms with E-state index in [0.717, 1.165) is 27.0 Å². The summed E-state index contributed by atoms with van der Waals surface area (Å²) in [6, 6.07) is 9.18. The molecule has 0 saturated heterocycles. The fourth-order valence-electron chi connectivity index (χ4n) is 3.62. The number of anilines is 1. The van der Waals surface area contributed by atoms with E-state index in [-0.39, 0.29) is 11.9 Å². The number of amides is 1. The molecule has 0 bridgehead atoms. The van der Waals surface area contributed by atoms with Gasteiger partial charge >= 0.3 is 0 Å². The van der Waals surface area contributed by atoms with Crippen LogP contribution in [0.1, 0.15) is 22.4 Å². The van der Waals surface area contributed by atoms with E-state index < -0.39 is 12.0 Å². The molecule has 0 unspecified atom stereocenters. The first-order valence-electron chi connectivity index (χ1n) is 9.25. The second kappa shape index (κ2) is 6.96. The van der Waals surface area contributed by atoms with Crippen LogP contribution in [0.2, 0.25) is 0 Å². The number of nitrogen functional groups attached to an aromatic ring is 1. The summed E-state index contributed by atoms with van der Waals surface area (Å²) in [5.41, 5.74) is 14.9. The average molecular weight is 418 g/mol. The zero-order chi connectivity index (χ0) is 20.8. The number of aliphatic imine (C=N–C) groups is 1. The summed E-state index contributed by atoms with van der Waals surface area (Å²) in [6.07, 6.45) is 4.78. The normalized spacial score (nSPS) is 19.3. The summed E-state index contributed by atoms with van der Waals surface area (Å²) < 4.78 is 5.43. The molecule has 0 aliphatic carbocycles. The number of likely N-dealkylation sites (N-methyl/N-ethyl adjacent to an activating group) is 1. The van der Waals surface area contributed by atoms with Gasteiger partial charge in [0.25, 0.3) is 0 Å². The number of thiophene rings is 1. The fourth-order valence-corrected chi connectivity index (χ4v) is 4.60. The maximum Gasteiger partial charge on any atom is 0.239 e. The lowest BCUT2D eigenvalue weighted by Gasteiger charge is -2.32. The quantitative estimate of drug-likeness (QED) is 0.527. The van der Waals surface area contributed by atoms with Crippen LogP contribution in [-0.4, -0.2) is 33.8 Å². The molecular weight excluding hydrogens is 400 g/mol. The standard InChI is InChI=1S/C21H18N6O2S/c1-27-20(28)18(12-2-3-15-11(6-12)4-5-29-15)19(26-21(27)23)16-7-13(10-30-16)14-8-25-17(22)9-24-14/h2-10,18-19H,1H3,(H2,22,25)(H2,23,26)/t18-,19+/m0/s1. The smallest absolute Gasteiger partial charge is 0.239 e. The van der Waals surface area contributed by atoms with Gasteiger partial charge in [-0.05, 0) is 29.8 Å². The molecule has 8 nitrogen and oxygen atoms in total. The molecule has 9 heteroatoms. The lowest BCUT2D eigenvalue weighted by atomic mass is 9.87. The van der Waals surface area contributed by atoms with Crippen LogP contribution >= 0.6 is 11.3 Å². The van der Waals surface area contributed by atoms with Crippen LogP contribution in [0.3, 0.4) is 0 Å². The summed E-state index contributed by atoms with van der Waals surface area (Å²) in [7, 11) is 1.64. The van der Waals surface area contributed by atoms with Gasteiger partial charge in [0.2, 0.25) is 5.91 Å². The van der Waals surface area contributed by atoms with Gasteiger partial charge in [0, 0.05) is 28.3 Å². The zero-order valence-corrected chi connectivity index (χ0v) is 16.8. The number of hydrogen-bond acceptors (Lipinski definition) is 8. The van der Waals surface area contributed by atoms with Gasteiger partial charge in [-0.3, -0.25) is 14.7 Å². The van der Waals surface area contributed by atoms with Crippen LogP contribution in [0.5, 0.6) is 0 Å². The SMILES string of the molecule is CN1C(=O)[C@@H](c2ccc3occc3c2)[C@@H](c2cc(-c3cnc(N)cn3)cs2)N=C1N. The van der Waals surface area contributed by atoms with E-state index in [1.165, 1.54) is 22.4 Å². The Morgan fingerprint density at radius 1 is 1.13 bits per heavy atom. The van der Waals surface area contributed by atoms with E-state index in [9.17, 15) is 4.79 Å². The van der Waals surface area contributed by atoms with Gasteiger partial charge in [-0.2, -0.15) is 0 Å². The predicted octanol–water partition coefficient (Wildman–Crippen LogP) is 3.15. The highest BCUT2D eigenvalue weighted by molar-refractivity contribution is 7.10. The van der Waals surface area contributed by atoms with Crippen LogP contribution in [0.4, 0.5) is 5.82 Å². The van der Waals surface area contributed by atoms with Gasteiger partial charge in [-0.15, -0.1) is 11.3 Å². The highest BCUT2D eigenvalue weighted by Crippen LogP contribution is 2.42. The molecule has 150 valence electrons. The third-order valence-electron chi connectivity index (χ3n) is 5.24. The molecule has 4 aromatic rings. The van der Waals surface area contributed by atoms with E-state index in [0.29, 0.717) is 11.5 Å². The molecule has 0 radical (unpaired) electrons. The largest absolute Gasteiger partial charge is 0.464 e. The first kappa shape index (κ1) is 18.3. The van der Waals surface area contributed by atoms with E-state index in [1.807, 2.05) is 35.7 Å². The lowest BCUT2D eigenvalue weighted by molar-refractivity contribution is -0.129. The summed E-state index contributed by atoms with van der Waals surface area (Å²) in [5.74, 6) is -0.0294. The van der Waals surface area contributed by atoms with Crippen molar-refractivity contribution < 1.29 is 9.21 Å².